The lowest BCUT2D eigenvalue weighted by molar-refractivity contribution is -0.126. The molecular weight excluding hydrogens is 260 g/mol. The molecule has 1 saturated carbocycles. The molecule has 2 unspecified atom stereocenters. The fourth-order valence-corrected chi connectivity index (χ4v) is 3.35. The average Bonchev–Trinajstić information content (AvgIpc) is 2.37. The number of rotatable bonds is 8. The van der Waals surface area contributed by atoms with Crippen molar-refractivity contribution in [3.05, 3.63) is 0 Å². The van der Waals surface area contributed by atoms with E-state index in [9.17, 15) is 4.79 Å². The van der Waals surface area contributed by atoms with E-state index in [-0.39, 0.29) is 5.92 Å². The highest BCUT2D eigenvalue weighted by atomic mass is 16.1. The summed E-state index contributed by atoms with van der Waals surface area (Å²) in [5.41, 5.74) is 0. The summed E-state index contributed by atoms with van der Waals surface area (Å²) >= 11 is 0. The molecule has 3 nitrogen and oxygen atoms in total. The molecule has 0 aromatic rings. The van der Waals surface area contributed by atoms with Gasteiger partial charge in [-0.1, -0.05) is 27.7 Å². The summed E-state index contributed by atoms with van der Waals surface area (Å²) in [6.07, 6.45) is 3.01. The summed E-state index contributed by atoms with van der Waals surface area (Å²) in [4.78, 5) is 17.0. The van der Waals surface area contributed by atoms with Gasteiger partial charge in [-0.25, -0.2) is 0 Å². The molecule has 1 rings (SSSR count). The van der Waals surface area contributed by atoms with Crippen LogP contribution in [-0.2, 0) is 4.79 Å². The van der Waals surface area contributed by atoms with Crippen LogP contribution in [0.3, 0.4) is 0 Å². The number of Topliss-reactive ketones (excluding diaryl/α,β-unsaturated/α-hetero) is 1. The zero-order valence-electron chi connectivity index (χ0n) is 15.1. The molecule has 0 N–H and O–H groups in total. The standard InChI is InChI=1S/C18H36N2O/c1-14(2)12-20(10-9-19(5)6)13-17-11-16(15(3)4)7-8-18(17)21/h14-17H,7-13H2,1-6H3. The van der Waals surface area contributed by atoms with Crippen LogP contribution >= 0.6 is 0 Å². The van der Waals surface area contributed by atoms with E-state index >= 15 is 0 Å². The Morgan fingerprint density at radius 1 is 1.14 bits per heavy atom. The van der Waals surface area contributed by atoms with Gasteiger partial charge in [-0.15, -0.1) is 0 Å². The molecule has 1 aliphatic rings. The van der Waals surface area contributed by atoms with Gasteiger partial charge in [-0.2, -0.15) is 0 Å². The largest absolute Gasteiger partial charge is 0.308 e. The van der Waals surface area contributed by atoms with Crippen molar-refractivity contribution < 1.29 is 4.79 Å². The van der Waals surface area contributed by atoms with Crippen LogP contribution in [0.15, 0.2) is 0 Å². The van der Waals surface area contributed by atoms with Gasteiger partial charge in [0.15, 0.2) is 0 Å². The third-order valence-corrected chi connectivity index (χ3v) is 4.71. The van der Waals surface area contributed by atoms with E-state index < -0.39 is 0 Å². The summed E-state index contributed by atoms with van der Waals surface area (Å²) in [6.45, 7) is 13.3. The molecule has 0 aromatic carbocycles. The first-order chi connectivity index (χ1) is 9.79. The number of likely N-dealkylation sites (N-methyl/N-ethyl adjacent to an activating group) is 1. The van der Waals surface area contributed by atoms with Gasteiger partial charge in [0.1, 0.15) is 5.78 Å². The van der Waals surface area contributed by atoms with E-state index in [0.29, 0.717) is 17.6 Å². The summed E-state index contributed by atoms with van der Waals surface area (Å²) in [5.74, 6) is 2.88. The fourth-order valence-electron chi connectivity index (χ4n) is 3.35. The lowest BCUT2D eigenvalue weighted by atomic mass is 9.75. The number of hydrogen-bond acceptors (Lipinski definition) is 3. The fraction of sp³-hybridized carbons (Fsp3) is 0.944. The van der Waals surface area contributed by atoms with E-state index in [2.05, 4.69) is 51.6 Å². The number of carbonyl (C=O) groups is 1. The van der Waals surface area contributed by atoms with Crippen LogP contribution in [-0.4, -0.2) is 55.9 Å². The Hall–Kier alpha value is -0.410. The molecule has 0 radical (unpaired) electrons. The van der Waals surface area contributed by atoms with Crippen molar-refractivity contribution >= 4 is 5.78 Å². The predicted octanol–water partition coefficient (Wildman–Crippen LogP) is 3.15. The molecule has 2 atom stereocenters. The maximum absolute atomic E-state index is 12.3. The Morgan fingerprint density at radius 2 is 1.81 bits per heavy atom. The molecule has 1 aliphatic carbocycles. The highest BCUT2D eigenvalue weighted by Crippen LogP contribution is 2.32. The third kappa shape index (κ3) is 6.92. The van der Waals surface area contributed by atoms with Crippen LogP contribution in [0, 0.1) is 23.7 Å². The van der Waals surface area contributed by atoms with Crippen LogP contribution in [0.5, 0.6) is 0 Å². The molecule has 0 saturated heterocycles. The summed E-state index contributed by atoms with van der Waals surface area (Å²) < 4.78 is 0. The first-order valence-corrected chi connectivity index (χ1v) is 8.69. The molecule has 3 heteroatoms. The summed E-state index contributed by atoms with van der Waals surface area (Å²) in [7, 11) is 4.24. The van der Waals surface area contributed by atoms with Gasteiger partial charge in [-0.3, -0.25) is 4.79 Å². The molecular formula is C18H36N2O. The Morgan fingerprint density at radius 3 is 2.33 bits per heavy atom. The van der Waals surface area contributed by atoms with Gasteiger partial charge in [0.25, 0.3) is 0 Å². The number of ketones is 1. The zero-order valence-corrected chi connectivity index (χ0v) is 15.1. The Labute approximate surface area is 132 Å². The SMILES string of the molecule is CC(C)CN(CCN(C)C)CC1CC(C(C)C)CCC1=O. The van der Waals surface area contributed by atoms with Crippen LogP contribution in [0.4, 0.5) is 0 Å². The molecule has 0 amide bonds. The summed E-state index contributed by atoms with van der Waals surface area (Å²) in [6, 6.07) is 0. The topological polar surface area (TPSA) is 23.6 Å². The Bertz CT molecular complexity index is 312. The summed E-state index contributed by atoms with van der Waals surface area (Å²) in [5, 5.41) is 0. The highest BCUT2D eigenvalue weighted by molar-refractivity contribution is 5.82. The van der Waals surface area contributed by atoms with E-state index in [4.69, 9.17) is 0 Å². The molecule has 124 valence electrons. The van der Waals surface area contributed by atoms with Crippen molar-refractivity contribution in [3.8, 4) is 0 Å². The molecule has 21 heavy (non-hydrogen) atoms. The van der Waals surface area contributed by atoms with Crippen LogP contribution in [0.2, 0.25) is 0 Å². The van der Waals surface area contributed by atoms with Gasteiger partial charge < -0.3 is 9.80 Å². The smallest absolute Gasteiger partial charge is 0.137 e. The van der Waals surface area contributed by atoms with Gasteiger partial charge >= 0.3 is 0 Å². The van der Waals surface area contributed by atoms with Gasteiger partial charge in [-0.05, 0) is 44.7 Å². The minimum absolute atomic E-state index is 0.270. The zero-order chi connectivity index (χ0) is 16.0. The normalized spacial score (nSPS) is 23.8. The first kappa shape index (κ1) is 18.6. The quantitative estimate of drug-likeness (QED) is 0.687. The first-order valence-electron chi connectivity index (χ1n) is 8.69. The maximum Gasteiger partial charge on any atom is 0.137 e. The van der Waals surface area contributed by atoms with Crippen LogP contribution in [0.1, 0.15) is 47.0 Å². The minimum atomic E-state index is 0.270. The van der Waals surface area contributed by atoms with Crippen molar-refractivity contribution in [1.29, 1.82) is 0 Å². The number of hydrogen-bond donors (Lipinski definition) is 0. The monoisotopic (exact) mass is 296 g/mol. The van der Waals surface area contributed by atoms with E-state index in [1.807, 2.05) is 0 Å². The van der Waals surface area contributed by atoms with Crippen molar-refractivity contribution in [1.82, 2.24) is 9.80 Å². The highest BCUT2D eigenvalue weighted by Gasteiger charge is 2.31. The second-order valence-electron chi connectivity index (χ2n) is 7.90. The second-order valence-corrected chi connectivity index (χ2v) is 7.90. The van der Waals surface area contributed by atoms with Crippen molar-refractivity contribution in [3.63, 3.8) is 0 Å². The minimum Gasteiger partial charge on any atom is -0.308 e. The van der Waals surface area contributed by atoms with Gasteiger partial charge in [0.05, 0.1) is 0 Å². The van der Waals surface area contributed by atoms with E-state index in [1.54, 1.807) is 0 Å². The van der Waals surface area contributed by atoms with Crippen molar-refractivity contribution in [2.45, 2.75) is 47.0 Å². The molecule has 0 aliphatic heterocycles. The lowest BCUT2D eigenvalue weighted by Crippen LogP contribution is -2.41. The second kappa shape index (κ2) is 8.89. The molecule has 0 heterocycles. The molecule has 0 bridgehead atoms. The van der Waals surface area contributed by atoms with Crippen molar-refractivity contribution in [2.24, 2.45) is 23.7 Å². The predicted molar refractivity (Wildman–Crippen MR) is 90.5 cm³/mol. The molecule has 1 fully saturated rings. The Kier molecular flexibility index (Phi) is 7.89. The lowest BCUT2D eigenvalue weighted by Gasteiger charge is -2.35. The van der Waals surface area contributed by atoms with Gasteiger partial charge in [0, 0.05) is 38.5 Å². The molecule has 0 aromatic heterocycles. The maximum atomic E-state index is 12.3. The van der Waals surface area contributed by atoms with Crippen LogP contribution < -0.4 is 0 Å². The average molecular weight is 296 g/mol. The van der Waals surface area contributed by atoms with Crippen LogP contribution in [0.25, 0.3) is 0 Å². The van der Waals surface area contributed by atoms with E-state index in [0.717, 1.165) is 51.4 Å². The van der Waals surface area contributed by atoms with Crippen molar-refractivity contribution in [2.75, 3.05) is 40.3 Å². The van der Waals surface area contributed by atoms with Gasteiger partial charge in [0.2, 0.25) is 0 Å². The molecule has 0 spiro atoms. The number of nitrogens with zero attached hydrogens (tertiary/aromatic N) is 2. The van der Waals surface area contributed by atoms with E-state index in [1.165, 1.54) is 0 Å². The number of carbonyl (C=O) groups excluding carboxylic acids is 1. The Balaban J connectivity index is 2.59. The third-order valence-electron chi connectivity index (χ3n) is 4.71.